The Balaban J connectivity index is 2.30. The molecule has 1 heterocycles. The third-order valence-corrected chi connectivity index (χ3v) is 3.39. The Morgan fingerprint density at radius 2 is 2.18 bits per heavy atom. The summed E-state index contributed by atoms with van der Waals surface area (Å²) in [5.41, 5.74) is 0. The molecule has 0 aliphatic heterocycles. The number of hydrogen-bond acceptors (Lipinski definition) is 4. The molecule has 0 radical (unpaired) electrons. The second-order valence-corrected chi connectivity index (χ2v) is 5.28. The third kappa shape index (κ3) is 6.95. The zero-order valence-corrected chi connectivity index (χ0v) is 14.3. The minimum Gasteiger partial charge on any atom is -0.468 e. The fourth-order valence-corrected chi connectivity index (χ4v) is 2.11. The lowest BCUT2D eigenvalue weighted by atomic mass is 10.2. The largest absolute Gasteiger partial charge is 0.468 e. The van der Waals surface area contributed by atoms with Crippen molar-refractivity contribution in [3.8, 4) is 0 Å². The van der Waals surface area contributed by atoms with Gasteiger partial charge in [-0.2, -0.15) is 0 Å². The van der Waals surface area contributed by atoms with E-state index in [0.717, 1.165) is 50.9 Å². The van der Waals surface area contributed by atoms with Crippen LogP contribution in [0, 0.1) is 0 Å². The number of nitrogens with one attached hydrogen (secondary N) is 2. The fourth-order valence-electron chi connectivity index (χ4n) is 2.11. The first-order chi connectivity index (χ1) is 10.7. The smallest absolute Gasteiger partial charge is 0.191 e. The molecule has 0 aliphatic rings. The van der Waals surface area contributed by atoms with Crippen molar-refractivity contribution in [2.45, 2.75) is 25.8 Å². The molecular formula is C16H30N4O2. The first-order valence-electron chi connectivity index (χ1n) is 7.91. The van der Waals surface area contributed by atoms with E-state index in [4.69, 9.17) is 9.15 Å². The van der Waals surface area contributed by atoms with Gasteiger partial charge in [-0.15, -0.1) is 0 Å². The van der Waals surface area contributed by atoms with Gasteiger partial charge in [-0.05, 0) is 46.0 Å². The van der Waals surface area contributed by atoms with Gasteiger partial charge in [0.1, 0.15) is 5.76 Å². The maximum atomic E-state index is 5.50. The van der Waals surface area contributed by atoms with Crippen LogP contribution < -0.4 is 10.6 Å². The second-order valence-electron chi connectivity index (χ2n) is 5.28. The molecule has 2 N–H and O–H groups in total. The normalized spacial score (nSPS) is 13.4. The van der Waals surface area contributed by atoms with Crippen molar-refractivity contribution in [1.82, 2.24) is 15.5 Å². The predicted octanol–water partition coefficient (Wildman–Crippen LogP) is 1.86. The number of ether oxygens (including phenoxy) is 1. The number of guanidine groups is 1. The Bertz CT molecular complexity index is 404. The van der Waals surface area contributed by atoms with Crippen LogP contribution in [0.2, 0.25) is 0 Å². The Kier molecular flexibility index (Phi) is 9.34. The Morgan fingerprint density at radius 3 is 2.77 bits per heavy atom. The Morgan fingerprint density at radius 1 is 1.36 bits per heavy atom. The average molecular weight is 310 g/mol. The molecule has 0 amide bonds. The lowest BCUT2D eigenvalue weighted by Crippen LogP contribution is -2.42. The number of hydrogen-bond donors (Lipinski definition) is 2. The molecule has 1 aromatic heterocycles. The molecule has 126 valence electrons. The Hall–Kier alpha value is -1.53. The summed E-state index contributed by atoms with van der Waals surface area (Å²) in [6, 6.07) is 4.08. The van der Waals surface area contributed by atoms with Crippen LogP contribution in [-0.2, 0) is 4.74 Å². The van der Waals surface area contributed by atoms with Gasteiger partial charge in [-0.1, -0.05) is 0 Å². The van der Waals surface area contributed by atoms with Crippen LogP contribution in [0.1, 0.15) is 31.6 Å². The minimum atomic E-state index is 0.173. The van der Waals surface area contributed by atoms with Gasteiger partial charge in [0.2, 0.25) is 0 Å². The highest BCUT2D eigenvalue weighted by atomic mass is 16.5. The van der Waals surface area contributed by atoms with Crippen molar-refractivity contribution in [2.24, 2.45) is 4.99 Å². The molecule has 6 nitrogen and oxygen atoms in total. The van der Waals surface area contributed by atoms with Gasteiger partial charge in [0.25, 0.3) is 0 Å². The van der Waals surface area contributed by atoms with Gasteiger partial charge in [-0.25, -0.2) is 0 Å². The topological polar surface area (TPSA) is 62.0 Å². The maximum Gasteiger partial charge on any atom is 0.191 e. The van der Waals surface area contributed by atoms with Gasteiger partial charge in [0.05, 0.1) is 12.3 Å². The van der Waals surface area contributed by atoms with E-state index in [9.17, 15) is 0 Å². The minimum absolute atomic E-state index is 0.173. The molecule has 6 heteroatoms. The number of unbranched alkanes of at least 4 members (excludes halogenated alkanes) is 1. The van der Waals surface area contributed by atoms with Crippen LogP contribution in [0.4, 0.5) is 0 Å². The number of aliphatic imine (C=N–C) groups is 1. The van der Waals surface area contributed by atoms with Gasteiger partial charge < -0.3 is 19.8 Å². The van der Waals surface area contributed by atoms with E-state index in [-0.39, 0.29) is 6.04 Å². The van der Waals surface area contributed by atoms with Crippen molar-refractivity contribution in [1.29, 1.82) is 0 Å². The molecule has 0 aliphatic carbocycles. The van der Waals surface area contributed by atoms with E-state index in [0.29, 0.717) is 0 Å². The average Bonchev–Trinajstić information content (AvgIpc) is 3.02. The Labute approximate surface area is 133 Å². The van der Waals surface area contributed by atoms with Crippen LogP contribution in [0.25, 0.3) is 0 Å². The summed E-state index contributed by atoms with van der Waals surface area (Å²) in [5.74, 6) is 1.76. The highest BCUT2D eigenvalue weighted by molar-refractivity contribution is 5.79. The van der Waals surface area contributed by atoms with Crippen molar-refractivity contribution in [3.05, 3.63) is 24.2 Å². The van der Waals surface area contributed by atoms with Crippen LogP contribution >= 0.6 is 0 Å². The summed E-state index contributed by atoms with van der Waals surface area (Å²) in [5, 5.41) is 6.67. The number of nitrogens with zero attached hydrogens (tertiary/aromatic N) is 2. The van der Waals surface area contributed by atoms with Crippen LogP contribution in [-0.4, -0.2) is 58.3 Å². The SMILES string of the molecule is CCOCCCCNC(=NC)NCC(c1ccco1)N(C)C. The van der Waals surface area contributed by atoms with Gasteiger partial charge in [0.15, 0.2) is 5.96 Å². The molecule has 0 spiro atoms. The molecular weight excluding hydrogens is 280 g/mol. The second kappa shape index (κ2) is 11.1. The zero-order valence-electron chi connectivity index (χ0n) is 14.3. The molecule has 1 aromatic rings. The summed E-state index contributed by atoms with van der Waals surface area (Å²) >= 11 is 0. The van der Waals surface area contributed by atoms with Gasteiger partial charge in [0, 0.05) is 33.4 Å². The first kappa shape index (κ1) is 18.5. The monoisotopic (exact) mass is 310 g/mol. The molecule has 1 atom stereocenters. The quantitative estimate of drug-likeness (QED) is 0.392. The zero-order chi connectivity index (χ0) is 16.2. The first-order valence-corrected chi connectivity index (χ1v) is 7.91. The van der Waals surface area contributed by atoms with Crippen molar-refractivity contribution < 1.29 is 9.15 Å². The van der Waals surface area contributed by atoms with E-state index in [1.54, 1.807) is 13.3 Å². The van der Waals surface area contributed by atoms with Crippen LogP contribution in [0.15, 0.2) is 27.8 Å². The van der Waals surface area contributed by atoms with Gasteiger partial charge in [-0.3, -0.25) is 9.89 Å². The summed E-state index contributed by atoms with van der Waals surface area (Å²) in [6.45, 7) is 5.25. The molecule has 0 saturated carbocycles. The lowest BCUT2D eigenvalue weighted by molar-refractivity contribution is 0.143. The third-order valence-electron chi connectivity index (χ3n) is 3.39. The number of rotatable bonds is 10. The summed E-state index contributed by atoms with van der Waals surface area (Å²) in [4.78, 5) is 6.37. The van der Waals surface area contributed by atoms with Crippen LogP contribution in [0.3, 0.4) is 0 Å². The fraction of sp³-hybridized carbons (Fsp3) is 0.688. The summed E-state index contributed by atoms with van der Waals surface area (Å²) in [7, 11) is 5.87. The standard InChI is InChI=1S/C16H30N4O2/c1-5-21-11-7-6-10-18-16(17-2)19-13-14(20(3)4)15-9-8-12-22-15/h8-9,12,14H,5-7,10-11,13H2,1-4H3,(H2,17,18,19). The molecule has 0 aromatic carbocycles. The lowest BCUT2D eigenvalue weighted by Gasteiger charge is -2.23. The van der Waals surface area contributed by atoms with Crippen molar-refractivity contribution in [3.63, 3.8) is 0 Å². The number of likely N-dealkylation sites (N-methyl/N-ethyl adjacent to an activating group) is 1. The summed E-state index contributed by atoms with van der Waals surface area (Å²) < 4.78 is 10.8. The van der Waals surface area contributed by atoms with E-state index >= 15 is 0 Å². The molecule has 1 rings (SSSR count). The van der Waals surface area contributed by atoms with E-state index in [1.165, 1.54) is 0 Å². The number of furan rings is 1. The van der Waals surface area contributed by atoms with Gasteiger partial charge >= 0.3 is 0 Å². The highest BCUT2D eigenvalue weighted by Crippen LogP contribution is 2.17. The molecule has 0 bridgehead atoms. The molecule has 0 fully saturated rings. The summed E-state index contributed by atoms with van der Waals surface area (Å²) in [6.07, 6.45) is 3.83. The van der Waals surface area contributed by atoms with Crippen molar-refractivity contribution in [2.75, 3.05) is 47.4 Å². The van der Waals surface area contributed by atoms with E-state index in [2.05, 4.69) is 20.5 Å². The predicted molar refractivity (Wildman–Crippen MR) is 90.2 cm³/mol. The van der Waals surface area contributed by atoms with Crippen LogP contribution in [0.5, 0.6) is 0 Å². The molecule has 0 saturated heterocycles. The van der Waals surface area contributed by atoms with E-state index in [1.807, 2.05) is 33.2 Å². The molecule has 22 heavy (non-hydrogen) atoms. The van der Waals surface area contributed by atoms with Crippen molar-refractivity contribution >= 4 is 5.96 Å². The maximum absolute atomic E-state index is 5.50. The molecule has 1 unspecified atom stereocenters. The van der Waals surface area contributed by atoms with E-state index < -0.39 is 0 Å². The highest BCUT2D eigenvalue weighted by Gasteiger charge is 2.17.